The number of aliphatic imine (C=N–C) groups is 1. The average Bonchev–Trinajstić information content (AvgIpc) is 2.76. The van der Waals surface area contributed by atoms with E-state index >= 15 is 0 Å². The molecule has 2 heterocycles. The number of methoxy groups -OCH3 is 1. The van der Waals surface area contributed by atoms with Crippen LogP contribution < -0.4 is 10.6 Å². The highest BCUT2D eigenvalue weighted by Crippen LogP contribution is 2.24. The molecule has 0 spiro atoms. The summed E-state index contributed by atoms with van der Waals surface area (Å²) >= 11 is 5.99. The van der Waals surface area contributed by atoms with Gasteiger partial charge in [0.05, 0.1) is 12.1 Å². The lowest BCUT2D eigenvalue weighted by atomic mass is 9.94. The van der Waals surface area contributed by atoms with Gasteiger partial charge in [0.15, 0.2) is 5.96 Å². The molecule has 1 aromatic carbocycles. The Morgan fingerprint density at radius 2 is 1.93 bits per heavy atom. The van der Waals surface area contributed by atoms with Gasteiger partial charge < -0.3 is 20.1 Å². The second-order valence-corrected chi connectivity index (χ2v) is 8.45. The molecule has 0 atom stereocenters. The fourth-order valence-corrected chi connectivity index (χ4v) is 4.12. The third kappa shape index (κ3) is 6.85. The molecule has 0 aromatic heterocycles. The minimum atomic E-state index is -0.192. The van der Waals surface area contributed by atoms with Gasteiger partial charge >= 0.3 is 0 Å². The number of likely N-dealkylation sites (tertiary alicyclic amines) is 1. The zero-order valence-corrected chi connectivity index (χ0v) is 18.5. The van der Waals surface area contributed by atoms with Crippen molar-refractivity contribution in [1.29, 1.82) is 0 Å². The summed E-state index contributed by atoms with van der Waals surface area (Å²) in [5, 5.41) is 7.83. The fourth-order valence-electron chi connectivity index (χ4n) is 3.99. The Morgan fingerprint density at radius 3 is 2.55 bits per heavy atom. The van der Waals surface area contributed by atoms with Crippen LogP contribution in [0.5, 0.6) is 0 Å². The Labute approximate surface area is 180 Å². The lowest BCUT2D eigenvalue weighted by molar-refractivity contribution is -0.0828. The van der Waals surface area contributed by atoms with E-state index in [1.165, 1.54) is 5.56 Å². The summed E-state index contributed by atoms with van der Waals surface area (Å²) in [6.45, 7) is 8.27. The number of hydrogen-bond donors (Lipinski definition) is 2. The number of ether oxygens (including phenoxy) is 2. The van der Waals surface area contributed by atoms with E-state index in [4.69, 9.17) is 26.1 Å². The van der Waals surface area contributed by atoms with Crippen molar-refractivity contribution in [2.24, 2.45) is 4.99 Å². The van der Waals surface area contributed by atoms with Crippen LogP contribution in [0.4, 0.5) is 0 Å². The van der Waals surface area contributed by atoms with Crippen LogP contribution in [0.15, 0.2) is 29.3 Å². The van der Waals surface area contributed by atoms with E-state index in [0.29, 0.717) is 12.6 Å². The summed E-state index contributed by atoms with van der Waals surface area (Å²) < 4.78 is 11.3. The molecule has 2 fully saturated rings. The molecule has 0 bridgehead atoms. The molecule has 0 unspecified atom stereocenters. The largest absolute Gasteiger partial charge is 0.381 e. The third-order valence-corrected chi connectivity index (χ3v) is 6.21. The molecule has 162 valence electrons. The third-order valence-electron chi connectivity index (χ3n) is 5.95. The maximum atomic E-state index is 5.99. The molecule has 1 aromatic rings. The molecule has 0 radical (unpaired) electrons. The zero-order chi connectivity index (χ0) is 20.5. The van der Waals surface area contributed by atoms with Gasteiger partial charge in [0.25, 0.3) is 0 Å². The summed E-state index contributed by atoms with van der Waals surface area (Å²) in [7, 11) is 1.79. The molecule has 29 heavy (non-hydrogen) atoms. The van der Waals surface area contributed by atoms with Crippen LogP contribution in [0, 0.1) is 0 Å². The van der Waals surface area contributed by atoms with Crippen LogP contribution >= 0.6 is 11.6 Å². The van der Waals surface area contributed by atoms with Crippen LogP contribution in [-0.4, -0.2) is 69.0 Å². The summed E-state index contributed by atoms with van der Waals surface area (Å²) in [5.74, 6) is 0.895. The van der Waals surface area contributed by atoms with Gasteiger partial charge in [-0.25, -0.2) is 0 Å². The lowest BCUT2D eigenvalue weighted by Crippen LogP contribution is -2.49. The second kappa shape index (κ2) is 11.2. The second-order valence-electron chi connectivity index (χ2n) is 8.02. The molecule has 7 heteroatoms. The quantitative estimate of drug-likeness (QED) is 0.522. The van der Waals surface area contributed by atoms with Crippen LogP contribution in [0.3, 0.4) is 0 Å². The van der Waals surface area contributed by atoms with E-state index in [1.54, 1.807) is 7.11 Å². The topological polar surface area (TPSA) is 58.1 Å². The molecule has 2 aliphatic rings. The molecule has 2 N–H and O–H groups in total. The maximum absolute atomic E-state index is 5.99. The normalized spacial score (nSPS) is 21.1. The summed E-state index contributed by atoms with van der Waals surface area (Å²) in [5.41, 5.74) is 1.12. The SMILES string of the molecule is CCNC(=NCC1(OC)CCOCC1)NC1CCN(Cc2ccc(Cl)cc2)CC1. The molecule has 6 nitrogen and oxygen atoms in total. The van der Waals surface area contributed by atoms with Crippen LogP contribution in [0.1, 0.15) is 38.2 Å². The van der Waals surface area contributed by atoms with E-state index in [9.17, 15) is 0 Å². The molecular weight excluding hydrogens is 388 g/mol. The number of guanidine groups is 1. The predicted octanol–water partition coefficient (Wildman–Crippen LogP) is 3.06. The van der Waals surface area contributed by atoms with Gasteiger partial charge in [-0.1, -0.05) is 23.7 Å². The van der Waals surface area contributed by atoms with Crippen molar-refractivity contribution in [3.63, 3.8) is 0 Å². The summed E-state index contributed by atoms with van der Waals surface area (Å²) in [4.78, 5) is 7.36. The smallest absolute Gasteiger partial charge is 0.191 e. The monoisotopic (exact) mass is 422 g/mol. The van der Waals surface area contributed by atoms with Crippen molar-refractivity contribution < 1.29 is 9.47 Å². The first-order valence-electron chi connectivity index (χ1n) is 10.8. The molecule has 2 saturated heterocycles. The average molecular weight is 423 g/mol. The van der Waals surface area contributed by atoms with Crippen LogP contribution in [0.25, 0.3) is 0 Å². The van der Waals surface area contributed by atoms with Gasteiger partial charge in [-0.3, -0.25) is 9.89 Å². The number of piperidine rings is 1. The van der Waals surface area contributed by atoms with Gasteiger partial charge in [-0.2, -0.15) is 0 Å². The number of benzene rings is 1. The summed E-state index contributed by atoms with van der Waals surface area (Å²) in [6, 6.07) is 8.61. The number of nitrogens with one attached hydrogen (secondary N) is 2. The Morgan fingerprint density at radius 1 is 1.24 bits per heavy atom. The molecule has 0 saturated carbocycles. The van der Waals surface area contributed by atoms with Crippen molar-refractivity contribution in [2.75, 3.05) is 46.5 Å². The Balaban J connectivity index is 1.49. The molecular formula is C22H35ClN4O2. The first kappa shape index (κ1) is 22.3. The number of halogens is 1. The van der Waals surface area contributed by atoms with Crippen molar-refractivity contribution in [3.05, 3.63) is 34.9 Å². The molecule has 2 aliphatic heterocycles. The van der Waals surface area contributed by atoms with Crippen molar-refractivity contribution >= 4 is 17.6 Å². The van der Waals surface area contributed by atoms with Gasteiger partial charge in [0, 0.05) is 70.4 Å². The first-order chi connectivity index (χ1) is 14.1. The highest BCUT2D eigenvalue weighted by Gasteiger charge is 2.32. The highest BCUT2D eigenvalue weighted by molar-refractivity contribution is 6.30. The maximum Gasteiger partial charge on any atom is 0.191 e. The van der Waals surface area contributed by atoms with E-state index in [-0.39, 0.29) is 5.60 Å². The van der Waals surface area contributed by atoms with Gasteiger partial charge in [-0.05, 0) is 37.5 Å². The van der Waals surface area contributed by atoms with Gasteiger partial charge in [0.1, 0.15) is 0 Å². The van der Waals surface area contributed by atoms with E-state index in [1.807, 2.05) is 12.1 Å². The number of hydrogen-bond acceptors (Lipinski definition) is 4. The van der Waals surface area contributed by atoms with Gasteiger partial charge in [0.2, 0.25) is 0 Å². The van der Waals surface area contributed by atoms with Crippen molar-refractivity contribution in [2.45, 2.75) is 50.8 Å². The first-order valence-corrected chi connectivity index (χ1v) is 11.1. The fraction of sp³-hybridized carbons (Fsp3) is 0.682. The minimum absolute atomic E-state index is 0.192. The molecule has 0 amide bonds. The van der Waals surface area contributed by atoms with Crippen LogP contribution in [-0.2, 0) is 16.0 Å². The van der Waals surface area contributed by atoms with E-state index in [0.717, 1.165) is 76.1 Å². The molecule has 3 rings (SSSR count). The predicted molar refractivity (Wildman–Crippen MR) is 119 cm³/mol. The van der Waals surface area contributed by atoms with E-state index < -0.39 is 0 Å². The standard InChI is InChI=1S/C22H35ClN4O2/c1-3-24-21(25-17-22(28-2)10-14-29-15-11-22)26-20-8-12-27(13-9-20)16-18-4-6-19(23)7-5-18/h4-7,20H,3,8-17H2,1-2H3,(H2,24,25,26). The minimum Gasteiger partial charge on any atom is -0.381 e. The highest BCUT2D eigenvalue weighted by atomic mass is 35.5. The Hall–Kier alpha value is -1.34. The summed E-state index contributed by atoms with van der Waals surface area (Å²) in [6.07, 6.45) is 4.02. The Bertz CT molecular complexity index is 639. The van der Waals surface area contributed by atoms with Crippen molar-refractivity contribution in [3.8, 4) is 0 Å². The number of rotatable bonds is 7. The van der Waals surface area contributed by atoms with E-state index in [2.05, 4.69) is 34.6 Å². The van der Waals surface area contributed by atoms with Gasteiger partial charge in [-0.15, -0.1) is 0 Å². The van der Waals surface area contributed by atoms with Crippen molar-refractivity contribution in [1.82, 2.24) is 15.5 Å². The molecule has 0 aliphatic carbocycles. The number of nitrogens with zero attached hydrogens (tertiary/aromatic N) is 2. The van der Waals surface area contributed by atoms with Crippen LogP contribution in [0.2, 0.25) is 5.02 Å². The lowest BCUT2D eigenvalue weighted by Gasteiger charge is -2.35. The zero-order valence-electron chi connectivity index (χ0n) is 17.8. The Kier molecular flexibility index (Phi) is 8.60.